The van der Waals surface area contributed by atoms with Crippen LogP contribution in [0, 0.1) is 0 Å². The largest absolute Gasteiger partial charge is 0.397 e. The molecule has 0 aliphatic heterocycles. The first kappa shape index (κ1) is 14.0. The topological polar surface area (TPSA) is 85.8 Å². The highest BCUT2D eigenvalue weighted by Gasteiger charge is 2.17. The molecule has 1 amide bonds. The smallest absolute Gasteiger partial charge is 0.263 e. The molecular formula is C13H12BrN5OS. The van der Waals surface area contributed by atoms with Gasteiger partial charge in [-0.2, -0.15) is 0 Å². The normalized spacial score (nSPS) is 10.9. The SMILES string of the molecule is Nc1c(C(=O)NCCn2ccnn2)sc2cccc(Br)c12. The van der Waals surface area contributed by atoms with Crippen LogP contribution in [-0.2, 0) is 6.54 Å². The predicted molar refractivity (Wildman–Crippen MR) is 86.3 cm³/mol. The van der Waals surface area contributed by atoms with Crippen molar-refractivity contribution in [3.8, 4) is 0 Å². The van der Waals surface area contributed by atoms with E-state index in [-0.39, 0.29) is 5.91 Å². The number of anilines is 1. The number of fused-ring (bicyclic) bond motifs is 1. The van der Waals surface area contributed by atoms with Gasteiger partial charge in [-0.25, -0.2) is 0 Å². The first-order valence-corrected chi connectivity index (χ1v) is 7.86. The molecule has 0 atom stereocenters. The number of carbonyl (C=O) groups excluding carboxylic acids is 1. The molecule has 2 aromatic heterocycles. The molecule has 6 nitrogen and oxygen atoms in total. The van der Waals surface area contributed by atoms with E-state index in [9.17, 15) is 4.79 Å². The van der Waals surface area contributed by atoms with Crippen molar-refractivity contribution in [3.63, 3.8) is 0 Å². The molecule has 21 heavy (non-hydrogen) atoms. The number of carbonyl (C=O) groups is 1. The second-order valence-corrected chi connectivity index (χ2v) is 6.29. The molecule has 0 aliphatic carbocycles. The number of halogens is 1. The van der Waals surface area contributed by atoms with Crippen molar-refractivity contribution in [1.29, 1.82) is 0 Å². The van der Waals surface area contributed by atoms with Gasteiger partial charge in [-0.3, -0.25) is 9.48 Å². The summed E-state index contributed by atoms with van der Waals surface area (Å²) in [6.45, 7) is 1.04. The molecule has 0 spiro atoms. The molecule has 0 aliphatic rings. The zero-order valence-electron chi connectivity index (χ0n) is 10.9. The summed E-state index contributed by atoms with van der Waals surface area (Å²) in [4.78, 5) is 12.8. The lowest BCUT2D eigenvalue weighted by atomic mass is 10.2. The van der Waals surface area contributed by atoms with Crippen LogP contribution < -0.4 is 11.1 Å². The Labute approximate surface area is 133 Å². The molecule has 3 aromatic rings. The molecule has 0 bridgehead atoms. The maximum atomic E-state index is 12.2. The van der Waals surface area contributed by atoms with Gasteiger partial charge in [-0.1, -0.05) is 27.2 Å². The van der Waals surface area contributed by atoms with Crippen molar-refractivity contribution in [3.05, 3.63) is 39.9 Å². The van der Waals surface area contributed by atoms with E-state index >= 15 is 0 Å². The Morgan fingerprint density at radius 2 is 2.33 bits per heavy atom. The molecule has 0 fully saturated rings. The summed E-state index contributed by atoms with van der Waals surface area (Å²) in [5.41, 5.74) is 6.61. The van der Waals surface area contributed by atoms with Crippen LogP contribution in [0.15, 0.2) is 35.1 Å². The summed E-state index contributed by atoms with van der Waals surface area (Å²) < 4.78 is 3.55. The van der Waals surface area contributed by atoms with Crippen LogP contribution in [-0.4, -0.2) is 27.4 Å². The average Bonchev–Trinajstić information content (AvgIpc) is 3.08. The van der Waals surface area contributed by atoms with Crippen LogP contribution in [0.1, 0.15) is 9.67 Å². The summed E-state index contributed by atoms with van der Waals surface area (Å²) in [5.74, 6) is -0.166. The van der Waals surface area contributed by atoms with E-state index in [4.69, 9.17) is 5.73 Å². The molecule has 0 unspecified atom stereocenters. The minimum absolute atomic E-state index is 0.166. The fraction of sp³-hybridized carbons (Fsp3) is 0.154. The summed E-state index contributed by atoms with van der Waals surface area (Å²) in [5, 5.41) is 11.3. The van der Waals surface area contributed by atoms with Crippen LogP contribution in [0.3, 0.4) is 0 Å². The van der Waals surface area contributed by atoms with Crippen molar-refractivity contribution >= 4 is 48.9 Å². The number of thiophene rings is 1. The van der Waals surface area contributed by atoms with Crippen molar-refractivity contribution in [2.45, 2.75) is 6.54 Å². The second kappa shape index (κ2) is 5.82. The van der Waals surface area contributed by atoms with Crippen LogP contribution in [0.4, 0.5) is 5.69 Å². The molecule has 0 saturated carbocycles. The fourth-order valence-corrected chi connectivity index (χ4v) is 3.79. The number of aromatic nitrogens is 3. The van der Waals surface area contributed by atoms with Crippen LogP contribution in [0.5, 0.6) is 0 Å². The summed E-state index contributed by atoms with van der Waals surface area (Å²) in [7, 11) is 0. The van der Waals surface area contributed by atoms with Gasteiger partial charge in [0.25, 0.3) is 5.91 Å². The number of nitrogens with zero attached hydrogens (tertiary/aromatic N) is 3. The van der Waals surface area contributed by atoms with Gasteiger partial charge in [0.15, 0.2) is 0 Å². The summed E-state index contributed by atoms with van der Waals surface area (Å²) in [6.07, 6.45) is 3.35. The number of amides is 1. The second-order valence-electron chi connectivity index (χ2n) is 4.38. The molecule has 3 rings (SSSR count). The van der Waals surface area contributed by atoms with E-state index < -0.39 is 0 Å². The van der Waals surface area contributed by atoms with Gasteiger partial charge >= 0.3 is 0 Å². The van der Waals surface area contributed by atoms with Crippen molar-refractivity contribution < 1.29 is 4.79 Å². The average molecular weight is 366 g/mol. The Hall–Kier alpha value is -1.93. The van der Waals surface area contributed by atoms with Gasteiger partial charge in [0, 0.05) is 27.3 Å². The molecular weight excluding hydrogens is 354 g/mol. The molecule has 0 radical (unpaired) electrons. The Kier molecular flexibility index (Phi) is 3.89. The van der Waals surface area contributed by atoms with E-state index in [0.29, 0.717) is 23.7 Å². The van der Waals surface area contributed by atoms with Crippen LogP contribution >= 0.6 is 27.3 Å². The Morgan fingerprint density at radius 3 is 3.05 bits per heavy atom. The van der Waals surface area contributed by atoms with E-state index in [1.54, 1.807) is 17.1 Å². The van der Waals surface area contributed by atoms with Crippen molar-refractivity contribution in [2.75, 3.05) is 12.3 Å². The minimum Gasteiger partial charge on any atom is -0.397 e. The van der Waals surface area contributed by atoms with Gasteiger partial charge < -0.3 is 11.1 Å². The number of benzene rings is 1. The number of hydrogen-bond acceptors (Lipinski definition) is 5. The molecule has 0 saturated heterocycles. The molecule has 8 heteroatoms. The first-order chi connectivity index (χ1) is 10.2. The lowest BCUT2D eigenvalue weighted by molar-refractivity contribution is 0.0957. The van der Waals surface area contributed by atoms with Crippen molar-refractivity contribution in [1.82, 2.24) is 20.3 Å². The predicted octanol–water partition coefficient (Wildman–Crippen LogP) is 2.27. The third kappa shape index (κ3) is 2.77. The number of rotatable bonds is 4. The minimum atomic E-state index is -0.166. The summed E-state index contributed by atoms with van der Waals surface area (Å²) in [6, 6.07) is 5.79. The van der Waals surface area contributed by atoms with Crippen molar-refractivity contribution in [2.24, 2.45) is 0 Å². The van der Waals surface area contributed by atoms with E-state index in [1.165, 1.54) is 11.3 Å². The number of hydrogen-bond donors (Lipinski definition) is 2. The monoisotopic (exact) mass is 365 g/mol. The van der Waals surface area contributed by atoms with Crippen LogP contribution in [0.25, 0.3) is 10.1 Å². The lowest BCUT2D eigenvalue weighted by Gasteiger charge is -2.04. The van der Waals surface area contributed by atoms with Gasteiger partial charge in [-0.05, 0) is 12.1 Å². The Morgan fingerprint density at radius 1 is 1.48 bits per heavy atom. The molecule has 2 heterocycles. The molecule has 1 aromatic carbocycles. The van der Waals surface area contributed by atoms with Gasteiger partial charge in [0.05, 0.1) is 18.4 Å². The summed E-state index contributed by atoms with van der Waals surface area (Å²) >= 11 is 4.86. The highest BCUT2D eigenvalue weighted by Crippen LogP contribution is 2.37. The molecule has 108 valence electrons. The maximum Gasteiger partial charge on any atom is 0.263 e. The maximum absolute atomic E-state index is 12.2. The first-order valence-electron chi connectivity index (χ1n) is 6.25. The van der Waals surface area contributed by atoms with Crippen LogP contribution in [0.2, 0.25) is 0 Å². The standard InChI is InChI=1S/C13H12BrN5OS/c14-8-2-1-3-9-10(8)11(15)12(21-9)13(20)16-4-6-19-7-5-17-18-19/h1-3,5,7H,4,6,15H2,(H,16,20). The third-order valence-corrected chi connectivity index (χ3v) is 4.84. The highest BCUT2D eigenvalue weighted by atomic mass is 79.9. The number of nitrogen functional groups attached to an aromatic ring is 1. The Balaban J connectivity index is 1.75. The Bertz CT molecular complexity index is 783. The van der Waals surface area contributed by atoms with E-state index in [0.717, 1.165) is 14.6 Å². The number of nitrogens with two attached hydrogens (primary N) is 1. The molecule has 3 N–H and O–H groups in total. The fourth-order valence-electron chi connectivity index (χ4n) is 2.01. The van der Waals surface area contributed by atoms with E-state index in [2.05, 4.69) is 31.6 Å². The highest BCUT2D eigenvalue weighted by molar-refractivity contribution is 9.10. The van der Waals surface area contributed by atoms with Gasteiger partial charge in [0.1, 0.15) is 4.88 Å². The number of nitrogens with one attached hydrogen (secondary N) is 1. The van der Waals surface area contributed by atoms with Gasteiger partial charge in [-0.15, -0.1) is 16.4 Å². The van der Waals surface area contributed by atoms with E-state index in [1.807, 2.05) is 18.2 Å². The zero-order chi connectivity index (χ0) is 14.8. The zero-order valence-corrected chi connectivity index (χ0v) is 13.3. The lowest BCUT2D eigenvalue weighted by Crippen LogP contribution is -2.27. The van der Waals surface area contributed by atoms with Gasteiger partial charge in [0.2, 0.25) is 0 Å². The quantitative estimate of drug-likeness (QED) is 0.742. The third-order valence-electron chi connectivity index (χ3n) is 3.01.